The average molecular weight is 286 g/mol. The molecule has 4 heteroatoms. The normalized spacial score (nSPS) is 24.8. The molecule has 120 valence electrons. The molecule has 0 aromatic carbocycles. The molecule has 20 heavy (non-hydrogen) atoms. The first-order valence-corrected chi connectivity index (χ1v) is 8.10. The van der Waals surface area contributed by atoms with Crippen LogP contribution >= 0.6 is 0 Å². The van der Waals surface area contributed by atoms with Crippen LogP contribution in [0, 0.1) is 11.8 Å². The van der Waals surface area contributed by atoms with E-state index < -0.39 is 0 Å². The monoisotopic (exact) mass is 286 g/mol. The Morgan fingerprint density at radius 1 is 1.10 bits per heavy atom. The number of ether oxygens (including phenoxy) is 2. The van der Waals surface area contributed by atoms with Gasteiger partial charge >= 0.3 is 0 Å². The van der Waals surface area contributed by atoms with Crippen molar-refractivity contribution in [3.8, 4) is 0 Å². The number of rotatable bonds is 9. The first kappa shape index (κ1) is 17.9. The van der Waals surface area contributed by atoms with Crippen LogP contribution in [0.2, 0.25) is 0 Å². The highest BCUT2D eigenvalue weighted by atomic mass is 16.5. The fourth-order valence-electron chi connectivity index (χ4n) is 2.80. The third-order valence-electron chi connectivity index (χ3n) is 4.22. The van der Waals surface area contributed by atoms with Crippen molar-refractivity contribution in [1.82, 2.24) is 10.2 Å². The molecule has 0 aliphatic carbocycles. The molecule has 1 aliphatic heterocycles. The van der Waals surface area contributed by atoms with Gasteiger partial charge in [-0.15, -0.1) is 0 Å². The van der Waals surface area contributed by atoms with Crippen LogP contribution in [0.1, 0.15) is 34.1 Å². The molecule has 0 aromatic heterocycles. The highest BCUT2D eigenvalue weighted by Gasteiger charge is 2.30. The van der Waals surface area contributed by atoms with Crippen molar-refractivity contribution < 1.29 is 9.47 Å². The molecule has 1 aliphatic rings. The molecule has 1 saturated heterocycles. The summed E-state index contributed by atoms with van der Waals surface area (Å²) >= 11 is 0. The zero-order valence-electron chi connectivity index (χ0n) is 14.0. The van der Waals surface area contributed by atoms with Crippen LogP contribution < -0.4 is 5.32 Å². The van der Waals surface area contributed by atoms with E-state index in [2.05, 4.69) is 37.9 Å². The second-order valence-electron chi connectivity index (χ2n) is 6.52. The summed E-state index contributed by atoms with van der Waals surface area (Å²) in [7, 11) is 1.74. The summed E-state index contributed by atoms with van der Waals surface area (Å²) in [6.07, 6.45) is 0.986. The maximum Gasteiger partial charge on any atom is 0.0593 e. The molecule has 2 atom stereocenters. The first-order chi connectivity index (χ1) is 9.56. The summed E-state index contributed by atoms with van der Waals surface area (Å²) in [5.41, 5.74) is 0. The third kappa shape index (κ3) is 6.08. The summed E-state index contributed by atoms with van der Waals surface area (Å²) in [5.74, 6) is 1.37. The molecule has 2 unspecified atom stereocenters. The molecule has 0 bridgehead atoms. The Kier molecular flexibility index (Phi) is 8.69. The van der Waals surface area contributed by atoms with Gasteiger partial charge in [-0.1, -0.05) is 27.7 Å². The average Bonchev–Trinajstić information content (AvgIpc) is 2.42. The van der Waals surface area contributed by atoms with Crippen LogP contribution in [-0.4, -0.2) is 63.5 Å². The van der Waals surface area contributed by atoms with Crippen molar-refractivity contribution in [2.45, 2.75) is 46.2 Å². The van der Waals surface area contributed by atoms with Gasteiger partial charge in [0.2, 0.25) is 0 Å². The lowest BCUT2D eigenvalue weighted by Gasteiger charge is -2.43. The Balaban J connectivity index is 2.32. The Hall–Kier alpha value is -0.160. The molecular weight excluding hydrogens is 252 g/mol. The zero-order valence-corrected chi connectivity index (χ0v) is 14.0. The van der Waals surface area contributed by atoms with E-state index in [1.807, 2.05) is 0 Å². The van der Waals surface area contributed by atoms with E-state index in [0.717, 1.165) is 45.9 Å². The Bertz CT molecular complexity index is 247. The molecule has 0 amide bonds. The largest absolute Gasteiger partial charge is 0.385 e. The Morgan fingerprint density at radius 3 is 2.45 bits per heavy atom. The topological polar surface area (TPSA) is 33.7 Å². The summed E-state index contributed by atoms with van der Waals surface area (Å²) in [6.45, 7) is 14.9. The van der Waals surface area contributed by atoms with Gasteiger partial charge in [-0.05, 0) is 18.3 Å². The van der Waals surface area contributed by atoms with E-state index in [1.165, 1.54) is 0 Å². The molecule has 0 radical (unpaired) electrons. The summed E-state index contributed by atoms with van der Waals surface area (Å²) < 4.78 is 10.7. The van der Waals surface area contributed by atoms with Crippen molar-refractivity contribution in [2.75, 3.05) is 46.6 Å². The van der Waals surface area contributed by atoms with Gasteiger partial charge in [0, 0.05) is 52.0 Å². The number of piperazine rings is 1. The van der Waals surface area contributed by atoms with Crippen molar-refractivity contribution in [3.63, 3.8) is 0 Å². The number of hydrogen-bond donors (Lipinski definition) is 1. The number of methoxy groups -OCH3 is 1. The third-order valence-corrected chi connectivity index (χ3v) is 4.22. The van der Waals surface area contributed by atoms with Crippen molar-refractivity contribution in [2.24, 2.45) is 11.8 Å². The zero-order chi connectivity index (χ0) is 15.0. The lowest BCUT2D eigenvalue weighted by Crippen LogP contribution is -2.60. The summed E-state index contributed by atoms with van der Waals surface area (Å²) in [5, 5.41) is 3.70. The van der Waals surface area contributed by atoms with E-state index in [-0.39, 0.29) is 0 Å². The number of hydrogen-bond acceptors (Lipinski definition) is 4. The summed E-state index contributed by atoms with van der Waals surface area (Å²) in [6, 6.07) is 1.24. The van der Waals surface area contributed by atoms with Crippen LogP contribution in [0.5, 0.6) is 0 Å². The van der Waals surface area contributed by atoms with Gasteiger partial charge in [-0.25, -0.2) is 0 Å². The standard InChI is InChI=1S/C16H34N2O2/c1-13(2)15-12-18(16(11-17-15)14(3)4)7-10-20-9-6-8-19-5/h13-17H,6-12H2,1-5H3. The van der Waals surface area contributed by atoms with Gasteiger partial charge in [0.25, 0.3) is 0 Å². The fourth-order valence-corrected chi connectivity index (χ4v) is 2.80. The van der Waals surface area contributed by atoms with Gasteiger partial charge in [0.05, 0.1) is 6.61 Å². The lowest BCUT2D eigenvalue weighted by atomic mass is 9.94. The second kappa shape index (κ2) is 9.72. The molecule has 1 rings (SSSR count). The maximum atomic E-state index is 5.72. The van der Waals surface area contributed by atoms with Crippen LogP contribution in [0.15, 0.2) is 0 Å². The minimum absolute atomic E-state index is 0.610. The van der Waals surface area contributed by atoms with Gasteiger partial charge in [-0.3, -0.25) is 4.90 Å². The maximum absolute atomic E-state index is 5.72. The van der Waals surface area contributed by atoms with Gasteiger partial charge in [0.1, 0.15) is 0 Å². The van der Waals surface area contributed by atoms with Crippen molar-refractivity contribution in [1.29, 1.82) is 0 Å². The molecule has 1 heterocycles. The van der Waals surface area contributed by atoms with Gasteiger partial charge in [-0.2, -0.15) is 0 Å². The Morgan fingerprint density at radius 2 is 1.85 bits per heavy atom. The highest BCUT2D eigenvalue weighted by molar-refractivity contribution is 4.88. The van der Waals surface area contributed by atoms with Gasteiger partial charge in [0.15, 0.2) is 0 Å². The van der Waals surface area contributed by atoms with Crippen LogP contribution in [0.25, 0.3) is 0 Å². The lowest BCUT2D eigenvalue weighted by molar-refractivity contribution is 0.0383. The van der Waals surface area contributed by atoms with E-state index in [1.54, 1.807) is 7.11 Å². The van der Waals surface area contributed by atoms with Crippen molar-refractivity contribution >= 4 is 0 Å². The predicted molar refractivity (Wildman–Crippen MR) is 84.1 cm³/mol. The minimum atomic E-state index is 0.610. The second-order valence-corrected chi connectivity index (χ2v) is 6.52. The summed E-state index contributed by atoms with van der Waals surface area (Å²) in [4.78, 5) is 2.61. The fraction of sp³-hybridized carbons (Fsp3) is 1.00. The highest BCUT2D eigenvalue weighted by Crippen LogP contribution is 2.17. The van der Waals surface area contributed by atoms with Crippen LogP contribution in [0.4, 0.5) is 0 Å². The quantitative estimate of drug-likeness (QED) is 0.657. The predicted octanol–water partition coefficient (Wildman–Crippen LogP) is 1.99. The van der Waals surface area contributed by atoms with Crippen LogP contribution in [-0.2, 0) is 9.47 Å². The molecule has 1 N–H and O–H groups in total. The van der Waals surface area contributed by atoms with E-state index in [0.29, 0.717) is 23.9 Å². The smallest absolute Gasteiger partial charge is 0.0593 e. The number of nitrogens with zero attached hydrogens (tertiary/aromatic N) is 1. The number of nitrogens with one attached hydrogen (secondary N) is 1. The molecule has 0 saturated carbocycles. The molecule has 0 spiro atoms. The minimum Gasteiger partial charge on any atom is -0.385 e. The van der Waals surface area contributed by atoms with E-state index in [9.17, 15) is 0 Å². The first-order valence-electron chi connectivity index (χ1n) is 8.10. The van der Waals surface area contributed by atoms with Crippen LogP contribution in [0.3, 0.4) is 0 Å². The van der Waals surface area contributed by atoms with Crippen molar-refractivity contribution in [3.05, 3.63) is 0 Å². The molecule has 4 nitrogen and oxygen atoms in total. The molecule has 1 fully saturated rings. The Labute approximate surface area is 125 Å². The SMILES string of the molecule is COCCCOCCN1CC(C(C)C)NCC1C(C)C. The van der Waals surface area contributed by atoms with E-state index >= 15 is 0 Å². The molecule has 0 aromatic rings. The van der Waals surface area contributed by atoms with Gasteiger partial charge < -0.3 is 14.8 Å². The molecular formula is C16H34N2O2. The van der Waals surface area contributed by atoms with E-state index in [4.69, 9.17) is 9.47 Å².